The minimum absolute atomic E-state index is 0.624. The van der Waals surface area contributed by atoms with Crippen LogP contribution >= 0.6 is 0 Å². The summed E-state index contributed by atoms with van der Waals surface area (Å²) >= 11 is 0. The molecule has 138 valence electrons. The molecule has 1 aliphatic carbocycles. The molecule has 1 aliphatic rings. The first-order valence-electron chi connectivity index (χ1n) is 9.95. The molecule has 25 heavy (non-hydrogen) atoms. The average Bonchev–Trinajstić information content (AvgIpc) is 2.70. The third kappa shape index (κ3) is 3.66. The lowest BCUT2D eigenvalue weighted by Gasteiger charge is -2.35. The number of benzene rings is 1. The van der Waals surface area contributed by atoms with E-state index in [1.807, 2.05) is 0 Å². The Kier molecular flexibility index (Phi) is 5.75. The maximum atomic E-state index is 2.64. The van der Waals surface area contributed by atoms with Gasteiger partial charge in [0.2, 0.25) is 0 Å². The molecule has 0 aliphatic heterocycles. The fraction of sp³-hybridized carbons (Fsp3) is 0.565. The van der Waals surface area contributed by atoms with E-state index >= 15 is 0 Å². The van der Waals surface area contributed by atoms with Crippen LogP contribution in [-0.2, 0) is 0 Å². The highest BCUT2D eigenvalue weighted by molar-refractivity contribution is 6.97. The van der Waals surface area contributed by atoms with Crippen molar-refractivity contribution in [2.75, 3.05) is 0 Å². The monoisotopic (exact) mass is 370 g/mol. The molecule has 0 spiro atoms. The second-order valence-electron chi connectivity index (χ2n) is 9.49. The second-order valence-corrected chi connectivity index (χ2v) is 18.8. The van der Waals surface area contributed by atoms with E-state index in [0.29, 0.717) is 5.92 Å². The van der Waals surface area contributed by atoms with E-state index in [0.717, 1.165) is 0 Å². The van der Waals surface area contributed by atoms with Crippen molar-refractivity contribution < 1.29 is 0 Å². The van der Waals surface area contributed by atoms with Crippen molar-refractivity contribution in [1.29, 1.82) is 0 Å². The van der Waals surface area contributed by atoms with Crippen LogP contribution in [0.5, 0.6) is 0 Å². The van der Waals surface area contributed by atoms with Crippen molar-refractivity contribution in [2.24, 2.45) is 5.92 Å². The van der Waals surface area contributed by atoms with Gasteiger partial charge >= 0.3 is 0 Å². The summed E-state index contributed by atoms with van der Waals surface area (Å²) in [7, 11) is -2.99. The van der Waals surface area contributed by atoms with Gasteiger partial charge in [-0.2, -0.15) is 0 Å². The fourth-order valence-electron chi connectivity index (χ4n) is 4.72. The first-order valence-corrected chi connectivity index (χ1v) is 16.2. The molecule has 0 saturated carbocycles. The lowest BCUT2D eigenvalue weighted by molar-refractivity contribution is 0.843. The number of hydrogen-bond acceptors (Lipinski definition) is 0. The zero-order valence-corrected chi connectivity index (χ0v) is 20.2. The van der Waals surface area contributed by atoms with Gasteiger partial charge in [0.15, 0.2) is 0 Å². The standard InChI is InChI=1S/C23H38Si2/c1-11-12-25(10,23-19(5)17(3)18(4)20(23)6)22-14-16(2)13-21(15-22)24(7,8)9/h13-15,19H,11-12H2,1-10H3. The average molecular weight is 371 g/mol. The van der Waals surface area contributed by atoms with Crippen LogP contribution in [0.2, 0.25) is 32.2 Å². The Morgan fingerprint density at radius 1 is 0.840 bits per heavy atom. The molecule has 1 aromatic rings. The van der Waals surface area contributed by atoms with Crippen molar-refractivity contribution in [1.82, 2.24) is 0 Å². The lowest BCUT2D eigenvalue weighted by Crippen LogP contribution is -2.51. The van der Waals surface area contributed by atoms with E-state index in [-0.39, 0.29) is 0 Å². The van der Waals surface area contributed by atoms with Crippen LogP contribution in [0.4, 0.5) is 0 Å². The van der Waals surface area contributed by atoms with Gasteiger partial charge in [-0.1, -0.05) is 103 Å². The van der Waals surface area contributed by atoms with Gasteiger partial charge in [-0.25, -0.2) is 0 Å². The largest absolute Gasteiger partial charge is 0.111 e. The molecule has 0 fully saturated rings. The molecule has 0 saturated heterocycles. The zero-order valence-electron chi connectivity index (χ0n) is 18.2. The lowest BCUT2D eigenvalue weighted by atomic mass is 10.1. The Morgan fingerprint density at radius 2 is 1.40 bits per heavy atom. The molecule has 0 bridgehead atoms. The van der Waals surface area contributed by atoms with Gasteiger partial charge in [-0.3, -0.25) is 0 Å². The van der Waals surface area contributed by atoms with Crippen molar-refractivity contribution >= 4 is 26.5 Å². The highest BCUT2D eigenvalue weighted by Gasteiger charge is 2.40. The number of hydrogen-bond donors (Lipinski definition) is 0. The van der Waals surface area contributed by atoms with E-state index in [4.69, 9.17) is 0 Å². The Labute approximate surface area is 158 Å². The number of aryl methyl sites for hydroxylation is 1. The molecule has 0 nitrogen and oxygen atoms in total. The molecular formula is C23H38Si2. The van der Waals surface area contributed by atoms with Gasteiger partial charge in [-0.05, 0) is 39.2 Å². The summed E-state index contributed by atoms with van der Waals surface area (Å²) < 4.78 is 0. The van der Waals surface area contributed by atoms with E-state index in [9.17, 15) is 0 Å². The summed E-state index contributed by atoms with van der Waals surface area (Å²) in [4.78, 5) is 0. The Morgan fingerprint density at radius 3 is 1.84 bits per heavy atom. The predicted molar refractivity (Wildman–Crippen MR) is 121 cm³/mol. The summed E-state index contributed by atoms with van der Waals surface area (Å²) in [5.41, 5.74) is 6.20. The van der Waals surface area contributed by atoms with Crippen LogP contribution in [0.15, 0.2) is 40.1 Å². The van der Waals surface area contributed by atoms with E-state index in [1.54, 1.807) is 32.3 Å². The molecule has 0 N–H and O–H groups in total. The Bertz CT molecular complexity index is 731. The van der Waals surface area contributed by atoms with Crippen LogP contribution in [0.3, 0.4) is 0 Å². The van der Waals surface area contributed by atoms with Crippen LogP contribution in [0.1, 0.15) is 46.6 Å². The van der Waals surface area contributed by atoms with E-state index in [1.165, 1.54) is 18.0 Å². The first-order chi connectivity index (χ1) is 11.4. The number of allylic oxidation sites excluding steroid dienone is 4. The van der Waals surface area contributed by atoms with Crippen molar-refractivity contribution in [2.45, 2.75) is 80.2 Å². The molecule has 0 radical (unpaired) electrons. The van der Waals surface area contributed by atoms with Crippen molar-refractivity contribution in [3.63, 3.8) is 0 Å². The topological polar surface area (TPSA) is 0 Å². The first kappa shape index (κ1) is 20.4. The summed E-state index contributed by atoms with van der Waals surface area (Å²) in [5, 5.41) is 5.11. The highest BCUT2D eigenvalue weighted by Crippen LogP contribution is 2.42. The summed E-state index contributed by atoms with van der Waals surface area (Å²) in [6.45, 7) is 24.2. The molecular weight excluding hydrogens is 332 g/mol. The van der Waals surface area contributed by atoms with Gasteiger partial charge in [0.25, 0.3) is 0 Å². The Hall–Kier alpha value is -0.866. The minimum Gasteiger partial charge on any atom is -0.0660 e. The van der Waals surface area contributed by atoms with Gasteiger partial charge in [0.05, 0.1) is 8.07 Å². The van der Waals surface area contributed by atoms with Crippen LogP contribution in [0, 0.1) is 12.8 Å². The highest BCUT2D eigenvalue weighted by atomic mass is 28.3. The predicted octanol–water partition coefficient (Wildman–Crippen LogP) is 6.08. The van der Waals surface area contributed by atoms with Gasteiger partial charge < -0.3 is 0 Å². The van der Waals surface area contributed by atoms with E-state index in [2.05, 4.69) is 85.9 Å². The van der Waals surface area contributed by atoms with Crippen LogP contribution in [-0.4, -0.2) is 16.1 Å². The van der Waals surface area contributed by atoms with Crippen molar-refractivity contribution in [3.8, 4) is 0 Å². The van der Waals surface area contributed by atoms with Crippen LogP contribution < -0.4 is 10.4 Å². The smallest absolute Gasteiger partial charge is 0.0660 e. The van der Waals surface area contributed by atoms with Crippen LogP contribution in [0.25, 0.3) is 0 Å². The molecule has 2 unspecified atom stereocenters. The molecule has 2 heteroatoms. The maximum Gasteiger partial charge on any atom is 0.111 e. The Balaban J connectivity index is 2.69. The van der Waals surface area contributed by atoms with Gasteiger partial charge in [-0.15, -0.1) is 0 Å². The maximum absolute atomic E-state index is 2.64. The molecule has 2 atom stereocenters. The van der Waals surface area contributed by atoms with Gasteiger partial charge in [0.1, 0.15) is 8.07 Å². The molecule has 0 heterocycles. The third-order valence-electron chi connectivity index (χ3n) is 6.57. The van der Waals surface area contributed by atoms with E-state index < -0.39 is 16.1 Å². The summed E-state index contributed by atoms with van der Waals surface area (Å²) in [6.07, 6.45) is 1.28. The molecule has 0 amide bonds. The molecule has 1 aromatic carbocycles. The quantitative estimate of drug-likeness (QED) is 0.551. The third-order valence-corrected chi connectivity index (χ3v) is 13.6. The normalized spacial score (nSPS) is 21.1. The van der Waals surface area contributed by atoms with Crippen molar-refractivity contribution in [3.05, 3.63) is 45.7 Å². The van der Waals surface area contributed by atoms with Gasteiger partial charge in [0, 0.05) is 0 Å². The second kappa shape index (κ2) is 7.04. The summed E-state index contributed by atoms with van der Waals surface area (Å²) in [5.74, 6) is 0.624. The molecule has 2 rings (SSSR count). The summed E-state index contributed by atoms with van der Waals surface area (Å²) in [6, 6.07) is 8.93. The fourth-order valence-corrected chi connectivity index (χ4v) is 11.2. The zero-order chi connectivity index (χ0) is 19.2. The minimum atomic E-state index is -1.68. The molecule has 0 aromatic heterocycles. The number of rotatable bonds is 5. The SMILES string of the molecule is CCC[Si](C)(C1=C(C)C(C)=C(C)C1C)c1cc(C)cc([Si](C)(C)C)c1.